The molecule has 148 valence electrons. The van der Waals surface area contributed by atoms with E-state index >= 15 is 0 Å². The second kappa shape index (κ2) is 9.12. The maximum Gasteiger partial charge on any atom is 0.321 e. The molecule has 7 heteroatoms. The molecule has 0 spiro atoms. The first-order valence-corrected chi connectivity index (χ1v) is 9.27. The molecule has 3 rings (SSSR count). The zero-order valence-electron chi connectivity index (χ0n) is 16.2. The minimum atomic E-state index is -0.252. The van der Waals surface area contributed by atoms with Crippen molar-refractivity contribution in [3.63, 3.8) is 0 Å². The molecule has 3 amide bonds. The van der Waals surface area contributed by atoms with Crippen molar-refractivity contribution < 1.29 is 19.1 Å². The lowest BCUT2D eigenvalue weighted by Gasteiger charge is -2.22. The summed E-state index contributed by atoms with van der Waals surface area (Å²) < 4.78 is 10.8. The van der Waals surface area contributed by atoms with Crippen molar-refractivity contribution in [1.82, 2.24) is 4.90 Å². The maximum absolute atomic E-state index is 12.5. The highest BCUT2D eigenvalue weighted by molar-refractivity contribution is 6.01. The molecule has 1 fully saturated rings. The van der Waals surface area contributed by atoms with E-state index in [0.29, 0.717) is 37.6 Å². The van der Waals surface area contributed by atoms with Gasteiger partial charge >= 0.3 is 6.03 Å². The number of benzene rings is 2. The number of nitrogens with one attached hydrogen (secondary N) is 1. The number of anilines is 2. The third kappa shape index (κ3) is 4.73. The van der Waals surface area contributed by atoms with Crippen molar-refractivity contribution in [3.8, 4) is 11.5 Å². The largest absolute Gasteiger partial charge is 0.497 e. The zero-order valence-corrected chi connectivity index (χ0v) is 16.2. The van der Waals surface area contributed by atoms with E-state index in [-0.39, 0.29) is 11.9 Å². The normalized spacial score (nSPS) is 13.4. The van der Waals surface area contributed by atoms with Gasteiger partial charge in [0.15, 0.2) is 0 Å². The van der Waals surface area contributed by atoms with Crippen LogP contribution in [0.1, 0.15) is 12.8 Å². The highest BCUT2D eigenvalue weighted by Crippen LogP contribution is 2.29. The molecule has 1 N–H and O–H groups in total. The summed E-state index contributed by atoms with van der Waals surface area (Å²) in [6, 6.07) is 14.4. The first-order chi connectivity index (χ1) is 13.6. The fourth-order valence-corrected chi connectivity index (χ4v) is 3.00. The minimum absolute atomic E-state index is 0.0861. The molecule has 2 aromatic rings. The van der Waals surface area contributed by atoms with Crippen LogP contribution in [0.2, 0.25) is 0 Å². The number of ether oxygens (including phenoxy) is 2. The highest BCUT2D eigenvalue weighted by Gasteiger charge is 2.24. The van der Waals surface area contributed by atoms with Gasteiger partial charge in [0.2, 0.25) is 5.91 Å². The number of carbonyl (C=O) groups excluding carboxylic acids is 2. The molecule has 2 aromatic carbocycles. The Bertz CT molecular complexity index is 823. The average molecular weight is 383 g/mol. The Labute approximate surface area is 164 Å². The highest BCUT2D eigenvalue weighted by atomic mass is 16.5. The second-order valence-corrected chi connectivity index (χ2v) is 6.54. The molecule has 0 bridgehead atoms. The Hall–Kier alpha value is -3.22. The average Bonchev–Trinajstić information content (AvgIpc) is 3.14. The predicted octanol–water partition coefficient (Wildman–Crippen LogP) is 3.36. The molecule has 0 atom stereocenters. The summed E-state index contributed by atoms with van der Waals surface area (Å²) in [6.45, 7) is 1.46. The molecule has 1 heterocycles. The number of hydrogen-bond acceptors (Lipinski definition) is 4. The van der Waals surface area contributed by atoms with Gasteiger partial charge in [-0.25, -0.2) is 4.79 Å². The van der Waals surface area contributed by atoms with Crippen LogP contribution in [0.4, 0.5) is 16.2 Å². The summed E-state index contributed by atoms with van der Waals surface area (Å²) in [7, 11) is 3.32. The van der Waals surface area contributed by atoms with Crippen LogP contribution in [0.5, 0.6) is 11.5 Å². The lowest BCUT2D eigenvalue weighted by atomic mass is 10.2. The van der Waals surface area contributed by atoms with Gasteiger partial charge in [0, 0.05) is 20.0 Å². The first-order valence-electron chi connectivity index (χ1n) is 9.27. The third-order valence-corrected chi connectivity index (χ3v) is 4.61. The fraction of sp³-hybridized carbons (Fsp3) is 0.333. The number of nitrogens with zero attached hydrogens (tertiary/aromatic N) is 2. The van der Waals surface area contributed by atoms with Crippen LogP contribution >= 0.6 is 0 Å². The zero-order chi connectivity index (χ0) is 19.9. The molecular weight excluding hydrogens is 358 g/mol. The van der Waals surface area contributed by atoms with Gasteiger partial charge in [-0.3, -0.25) is 4.79 Å². The molecule has 28 heavy (non-hydrogen) atoms. The van der Waals surface area contributed by atoms with Crippen molar-refractivity contribution in [2.45, 2.75) is 12.8 Å². The summed E-state index contributed by atoms with van der Waals surface area (Å²) in [6.07, 6.45) is 1.38. The Kier molecular flexibility index (Phi) is 6.37. The Morgan fingerprint density at radius 1 is 1.14 bits per heavy atom. The van der Waals surface area contributed by atoms with Gasteiger partial charge in [0.05, 0.1) is 25.0 Å². The standard InChI is InChI=1S/C21H25N3O4/c1-23(14-15-28-17-11-9-16(27-2)10-12-17)21(26)22-18-6-3-4-7-19(18)24-13-5-8-20(24)25/h3-4,6-7,9-12H,5,8,13-15H2,1-2H3,(H,22,26). The van der Waals surface area contributed by atoms with Gasteiger partial charge in [-0.15, -0.1) is 0 Å². The summed E-state index contributed by atoms with van der Waals surface area (Å²) >= 11 is 0. The maximum atomic E-state index is 12.5. The smallest absolute Gasteiger partial charge is 0.321 e. The summed E-state index contributed by atoms with van der Waals surface area (Å²) in [5, 5.41) is 2.89. The topological polar surface area (TPSA) is 71.1 Å². The summed E-state index contributed by atoms with van der Waals surface area (Å²) in [5.74, 6) is 1.56. The number of para-hydroxylation sites is 2. The van der Waals surface area contributed by atoms with Crippen molar-refractivity contribution in [2.75, 3.05) is 44.1 Å². The molecule has 0 saturated carbocycles. The molecular formula is C21H25N3O4. The molecule has 7 nitrogen and oxygen atoms in total. The van der Waals surface area contributed by atoms with E-state index in [1.807, 2.05) is 42.5 Å². The number of carbonyl (C=O) groups is 2. The number of amides is 3. The Morgan fingerprint density at radius 3 is 2.54 bits per heavy atom. The monoisotopic (exact) mass is 383 g/mol. The molecule has 0 aromatic heterocycles. The molecule has 1 aliphatic heterocycles. The lowest BCUT2D eigenvalue weighted by molar-refractivity contribution is -0.117. The van der Waals surface area contributed by atoms with Gasteiger partial charge < -0.3 is 24.6 Å². The number of methoxy groups -OCH3 is 1. The van der Waals surface area contributed by atoms with Gasteiger partial charge in [-0.2, -0.15) is 0 Å². The van der Waals surface area contributed by atoms with Gasteiger partial charge in [0.25, 0.3) is 0 Å². The van der Waals surface area contributed by atoms with Crippen LogP contribution in [-0.4, -0.2) is 50.7 Å². The Balaban J connectivity index is 1.53. The molecule has 1 saturated heterocycles. The quantitative estimate of drug-likeness (QED) is 0.796. The van der Waals surface area contributed by atoms with Crippen molar-refractivity contribution in [2.24, 2.45) is 0 Å². The van der Waals surface area contributed by atoms with Crippen LogP contribution in [0, 0.1) is 0 Å². The predicted molar refractivity (Wildman–Crippen MR) is 108 cm³/mol. The van der Waals surface area contributed by atoms with E-state index in [1.54, 1.807) is 30.0 Å². The van der Waals surface area contributed by atoms with Crippen LogP contribution in [0.3, 0.4) is 0 Å². The van der Waals surface area contributed by atoms with E-state index < -0.39 is 0 Å². The molecule has 0 radical (unpaired) electrons. The number of likely N-dealkylation sites (N-methyl/N-ethyl adjacent to an activating group) is 1. The van der Waals surface area contributed by atoms with Crippen molar-refractivity contribution in [3.05, 3.63) is 48.5 Å². The van der Waals surface area contributed by atoms with Crippen molar-refractivity contribution >= 4 is 23.3 Å². The van der Waals surface area contributed by atoms with E-state index in [0.717, 1.165) is 17.9 Å². The Morgan fingerprint density at radius 2 is 1.86 bits per heavy atom. The number of hydrogen-bond donors (Lipinski definition) is 1. The van der Waals surface area contributed by atoms with Gasteiger partial charge in [-0.05, 0) is 42.8 Å². The second-order valence-electron chi connectivity index (χ2n) is 6.54. The molecule has 0 unspecified atom stereocenters. The van der Waals surface area contributed by atoms with Crippen LogP contribution in [-0.2, 0) is 4.79 Å². The lowest BCUT2D eigenvalue weighted by Crippen LogP contribution is -2.35. The van der Waals surface area contributed by atoms with Crippen LogP contribution in [0.25, 0.3) is 0 Å². The van der Waals surface area contributed by atoms with E-state index in [1.165, 1.54) is 0 Å². The number of urea groups is 1. The van der Waals surface area contributed by atoms with Crippen LogP contribution in [0.15, 0.2) is 48.5 Å². The van der Waals surface area contributed by atoms with Gasteiger partial charge in [0.1, 0.15) is 18.1 Å². The van der Waals surface area contributed by atoms with E-state index in [9.17, 15) is 9.59 Å². The number of rotatable bonds is 7. The fourth-order valence-electron chi connectivity index (χ4n) is 3.00. The third-order valence-electron chi connectivity index (χ3n) is 4.61. The molecule has 0 aliphatic carbocycles. The van der Waals surface area contributed by atoms with E-state index in [2.05, 4.69) is 5.32 Å². The van der Waals surface area contributed by atoms with Crippen molar-refractivity contribution in [1.29, 1.82) is 0 Å². The minimum Gasteiger partial charge on any atom is -0.497 e. The summed E-state index contributed by atoms with van der Waals surface area (Å²) in [4.78, 5) is 27.8. The SMILES string of the molecule is COc1ccc(OCCN(C)C(=O)Nc2ccccc2N2CCCC2=O)cc1. The van der Waals surface area contributed by atoms with E-state index in [4.69, 9.17) is 9.47 Å². The summed E-state index contributed by atoms with van der Waals surface area (Å²) in [5.41, 5.74) is 1.37. The molecule has 1 aliphatic rings. The first kappa shape index (κ1) is 19.5. The van der Waals surface area contributed by atoms with Gasteiger partial charge in [-0.1, -0.05) is 12.1 Å². The van der Waals surface area contributed by atoms with Crippen LogP contribution < -0.4 is 19.7 Å².